The van der Waals surface area contributed by atoms with Gasteiger partial charge in [-0.25, -0.2) is 4.39 Å². The molecular weight excluding hydrogens is 347 g/mol. The Balaban J connectivity index is 2.48. The van der Waals surface area contributed by atoms with Crippen LogP contribution in [0.15, 0.2) is 40.9 Å². The minimum Gasteiger partial charge on any atom is -0.497 e. The van der Waals surface area contributed by atoms with Crippen LogP contribution in [-0.2, 0) is 0 Å². The third-order valence-corrected chi connectivity index (χ3v) is 4.10. The number of rotatable bonds is 4. The minimum absolute atomic E-state index is 0.318. The van der Waals surface area contributed by atoms with Gasteiger partial charge in [-0.1, -0.05) is 22.0 Å². The van der Waals surface area contributed by atoms with Crippen molar-refractivity contribution in [3.63, 3.8) is 0 Å². The third kappa shape index (κ3) is 3.07. The molecule has 1 atom stereocenters. The van der Waals surface area contributed by atoms with Crippen LogP contribution < -0.4 is 9.47 Å². The fourth-order valence-electron chi connectivity index (χ4n) is 1.91. The van der Waals surface area contributed by atoms with Crippen molar-refractivity contribution in [3.05, 3.63) is 57.8 Å². The minimum atomic E-state index is -0.477. The smallest absolute Gasteiger partial charge is 0.124 e. The van der Waals surface area contributed by atoms with Crippen LogP contribution in [0.3, 0.4) is 0 Å². The van der Waals surface area contributed by atoms with E-state index in [9.17, 15) is 4.39 Å². The van der Waals surface area contributed by atoms with Crippen LogP contribution in [0.25, 0.3) is 0 Å². The van der Waals surface area contributed by atoms with Gasteiger partial charge in [0.05, 0.1) is 19.6 Å². The van der Waals surface area contributed by atoms with E-state index in [1.165, 1.54) is 12.1 Å². The van der Waals surface area contributed by atoms with Gasteiger partial charge in [0.2, 0.25) is 0 Å². The highest BCUT2D eigenvalue weighted by Crippen LogP contribution is 2.40. The van der Waals surface area contributed by atoms with Crippen LogP contribution in [0.4, 0.5) is 4.39 Å². The number of halogens is 3. The summed E-state index contributed by atoms with van der Waals surface area (Å²) in [6, 6.07) is 9.81. The predicted molar refractivity (Wildman–Crippen MR) is 81.3 cm³/mol. The van der Waals surface area contributed by atoms with Crippen molar-refractivity contribution in [2.24, 2.45) is 0 Å². The van der Waals surface area contributed by atoms with Crippen molar-refractivity contribution in [2.45, 2.75) is 5.38 Å². The van der Waals surface area contributed by atoms with Crippen LogP contribution in [-0.4, -0.2) is 14.2 Å². The monoisotopic (exact) mass is 358 g/mol. The summed E-state index contributed by atoms with van der Waals surface area (Å²) in [5.41, 5.74) is 1.53. The van der Waals surface area contributed by atoms with Crippen LogP contribution in [0.2, 0.25) is 0 Å². The Hall–Kier alpha value is -1.26. The first-order valence-electron chi connectivity index (χ1n) is 5.87. The van der Waals surface area contributed by atoms with Gasteiger partial charge in [0.1, 0.15) is 17.3 Å². The molecule has 0 heterocycles. The van der Waals surface area contributed by atoms with E-state index < -0.39 is 5.38 Å². The number of benzene rings is 2. The molecule has 0 aromatic heterocycles. The standard InChI is InChI=1S/C15H13BrClFO2/c1-19-10-4-6-14(20-2)12(8-10)15(17)11-5-3-9(18)7-13(11)16/h3-8,15H,1-2H3. The molecule has 0 fully saturated rings. The van der Waals surface area contributed by atoms with Gasteiger partial charge in [-0.2, -0.15) is 0 Å². The summed E-state index contributed by atoms with van der Waals surface area (Å²) in [5, 5.41) is -0.477. The largest absolute Gasteiger partial charge is 0.497 e. The maximum absolute atomic E-state index is 13.2. The number of alkyl halides is 1. The van der Waals surface area contributed by atoms with Crippen molar-refractivity contribution in [3.8, 4) is 11.5 Å². The highest BCUT2D eigenvalue weighted by molar-refractivity contribution is 9.10. The molecule has 2 aromatic rings. The summed E-state index contributed by atoms with van der Waals surface area (Å²) in [4.78, 5) is 0. The van der Waals surface area contributed by atoms with Gasteiger partial charge in [0.15, 0.2) is 0 Å². The first-order valence-corrected chi connectivity index (χ1v) is 7.10. The molecule has 2 nitrogen and oxygen atoms in total. The highest BCUT2D eigenvalue weighted by atomic mass is 79.9. The van der Waals surface area contributed by atoms with Crippen LogP contribution >= 0.6 is 27.5 Å². The van der Waals surface area contributed by atoms with Gasteiger partial charge in [-0.05, 0) is 35.9 Å². The first kappa shape index (κ1) is 15.1. The van der Waals surface area contributed by atoms with Gasteiger partial charge in [0.25, 0.3) is 0 Å². The van der Waals surface area contributed by atoms with E-state index in [0.717, 1.165) is 11.1 Å². The molecule has 0 amide bonds. The van der Waals surface area contributed by atoms with E-state index in [4.69, 9.17) is 21.1 Å². The van der Waals surface area contributed by atoms with Gasteiger partial charge in [-0.3, -0.25) is 0 Å². The van der Waals surface area contributed by atoms with Crippen molar-refractivity contribution < 1.29 is 13.9 Å². The molecule has 0 saturated heterocycles. The summed E-state index contributed by atoms with van der Waals surface area (Å²) >= 11 is 9.84. The average molecular weight is 360 g/mol. The maximum Gasteiger partial charge on any atom is 0.124 e. The lowest BCUT2D eigenvalue weighted by Crippen LogP contribution is -1.99. The van der Waals surface area contributed by atoms with Crippen molar-refractivity contribution in [1.29, 1.82) is 0 Å². The van der Waals surface area contributed by atoms with Crippen LogP contribution in [0.5, 0.6) is 11.5 Å². The Morgan fingerprint density at radius 1 is 1.05 bits per heavy atom. The molecule has 2 aromatic carbocycles. The van der Waals surface area contributed by atoms with E-state index in [-0.39, 0.29) is 5.82 Å². The fourth-order valence-corrected chi connectivity index (χ4v) is 2.98. The molecule has 0 saturated carbocycles. The molecule has 5 heteroatoms. The highest BCUT2D eigenvalue weighted by Gasteiger charge is 2.19. The summed E-state index contributed by atoms with van der Waals surface area (Å²) in [7, 11) is 3.16. The molecule has 0 N–H and O–H groups in total. The van der Waals surface area contributed by atoms with E-state index in [0.29, 0.717) is 16.0 Å². The van der Waals surface area contributed by atoms with Gasteiger partial charge >= 0.3 is 0 Å². The second-order valence-corrected chi connectivity index (χ2v) is 5.43. The molecule has 0 aliphatic rings. The Bertz CT molecular complexity index is 619. The lowest BCUT2D eigenvalue weighted by molar-refractivity contribution is 0.399. The molecule has 1 unspecified atom stereocenters. The van der Waals surface area contributed by atoms with Crippen LogP contribution in [0, 0.1) is 5.82 Å². The third-order valence-electron chi connectivity index (χ3n) is 2.95. The Morgan fingerprint density at radius 3 is 2.40 bits per heavy atom. The quantitative estimate of drug-likeness (QED) is 0.720. The number of ether oxygens (including phenoxy) is 2. The zero-order valence-corrected chi connectivity index (χ0v) is 13.3. The molecule has 0 radical (unpaired) electrons. The Morgan fingerprint density at radius 2 is 1.80 bits per heavy atom. The lowest BCUT2D eigenvalue weighted by atomic mass is 10.0. The van der Waals surface area contributed by atoms with E-state index in [1.54, 1.807) is 32.4 Å². The summed E-state index contributed by atoms with van der Waals surface area (Å²) in [5.74, 6) is 1.02. The average Bonchev–Trinajstić information content (AvgIpc) is 2.46. The van der Waals surface area contributed by atoms with Crippen molar-refractivity contribution >= 4 is 27.5 Å². The van der Waals surface area contributed by atoms with Crippen LogP contribution in [0.1, 0.15) is 16.5 Å². The first-order chi connectivity index (χ1) is 9.56. The van der Waals surface area contributed by atoms with Gasteiger partial charge < -0.3 is 9.47 Å². The molecule has 20 heavy (non-hydrogen) atoms. The summed E-state index contributed by atoms with van der Waals surface area (Å²) in [6.07, 6.45) is 0. The number of hydrogen-bond acceptors (Lipinski definition) is 2. The molecule has 0 spiro atoms. The SMILES string of the molecule is COc1ccc(OC)c(C(Cl)c2ccc(F)cc2Br)c1. The number of hydrogen-bond donors (Lipinski definition) is 0. The molecular formula is C15H13BrClFO2. The second kappa shape index (κ2) is 6.46. The fraction of sp³-hybridized carbons (Fsp3) is 0.200. The molecule has 0 bridgehead atoms. The topological polar surface area (TPSA) is 18.5 Å². The van der Waals surface area contributed by atoms with Crippen molar-refractivity contribution in [2.75, 3.05) is 14.2 Å². The summed E-state index contributed by atoms with van der Waals surface area (Å²) in [6.45, 7) is 0. The van der Waals surface area contributed by atoms with E-state index >= 15 is 0 Å². The Kier molecular flexibility index (Phi) is 4.89. The van der Waals surface area contributed by atoms with Crippen molar-refractivity contribution in [1.82, 2.24) is 0 Å². The van der Waals surface area contributed by atoms with Gasteiger partial charge in [0, 0.05) is 10.0 Å². The molecule has 106 valence electrons. The van der Waals surface area contributed by atoms with E-state index in [1.807, 2.05) is 6.07 Å². The Labute approximate surface area is 130 Å². The second-order valence-electron chi connectivity index (χ2n) is 4.14. The molecule has 0 aliphatic heterocycles. The summed E-state index contributed by atoms with van der Waals surface area (Å²) < 4.78 is 24.3. The zero-order chi connectivity index (χ0) is 14.7. The zero-order valence-electron chi connectivity index (χ0n) is 11.0. The molecule has 2 rings (SSSR count). The normalized spacial score (nSPS) is 12.1. The predicted octanol–water partition coefficient (Wildman–Crippen LogP) is 4.93. The number of methoxy groups -OCH3 is 2. The lowest BCUT2D eigenvalue weighted by Gasteiger charge is -2.16. The molecule has 0 aliphatic carbocycles. The van der Waals surface area contributed by atoms with E-state index in [2.05, 4.69) is 15.9 Å². The maximum atomic E-state index is 13.2. The van der Waals surface area contributed by atoms with Gasteiger partial charge in [-0.15, -0.1) is 11.6 Å².